The Bertz CT molecular complexity index is 205. The molecule has 0 aliphatic carbocycles. The molecule has 0 aromatic rings. The number of esters is 1. The maximum absolute atomic E-state index is 11.2. The van der Waals surface area contributed by atoms with Crippen LogP contribution in [0.4, 0.5) is 0 Å². The van der Waals surface area contributed by atoms with Crippen LogP contribution in [0.3, 0.4) is 0 Å². The molecule has 0 aromatic carbocycles. The van der Waals surface area contributed by atoms with Gasteiger partial charge in [-0.1, -0.05) is 0 Å². The zero-order valence-electron chi connectivity index (χ0n) is 8.76. The van der Waals surface area contributed by atoms with Crippen molar-refractivity contribution in [3.8, 4) is 0 Å². The normalized spacial score (nSPS) is 13.6. The Hall–Kier alpha value is -0.0313. The zero-order valence-corrected chi connectivity index (χ0v) is 11.6. The third-order valence-electron chi connectivity index (χ3n) is 2.05. The van der Waals surface area contributed by atoms with E-state index < -0.39 is 24.3 Å². The first kappa shape index (κ1) is 13.0. The van der Waals surface area contributed by atoms with Crippen LogP contribution in [0.5, 0.6) is 0 Å². The minimum atomic E-state index is -2.29. The molecule has 4 heteroatoms. The molecule has 0 aromatic heterocycles. The summed E-state index contributed by atoms with van der Waals surface area (Å²) in [6.07, 6.45) is 0. The second-order valence-electron chi connectivity index (χ2n) is 4.03. The molecule has 13 heavy (non-hydrogen) atoms. The Balaban J connectivity index is 4.60. The summed E-state index contributed by atoms with van der Waals surface area (Å²) in [5, 5.41) is 9.03. The van der Waals surface area contributed by atoms with Crippen LogP contribution >= 0.6 is 0 Å². The Morgan fingerprint density at radius 3 is 2.23 bits per heavy atom. The van der Waals surface area contributed by atoms with Crippen LogP contribution in [0, 0.1) is 5.92 Å². The van der Waals surface area contributed by atoms with Crippen LogP contribution in [-0.2, 0) is 9.53 Å². The van der Waals surface area contributed by atoms with Crippen LogP contribution < -0.4 is 0 Å². The molecular formula is C9H18O3Sn. The summed E-state index contributed by atoms with van der Waals surface area (Å²) in [6.45, 7) is 3.70. The molecule has 0 rings (SSSR count). The number of ether oxygens (including phenoxy) is 1. The topological polar surface area (TPSA) is 46.5 Å². The molecule has 0 spiro atoms. The number of hydrogen-bond acceptors (Lipinski definition) is 3. The number of methoxy groups -OCH3 is 1. The predicted molar refractivity (Wildman–Crippen MR) is 55.1 cm³/mol. The second-order valence-corrected chi connectivity index (χ2v) is 18.7. The van der Waals surface area contributed by atoms with Gasteiger partial charge in [0.2, 0.25) is 0 Å². The first-order chi connectivity index (χ1) is 5.84. The summed E-state index contributed by atoms with van der Waals surface area (Å²) in [5.74, 6) is -0.889. The molecule has 0 aliphatic rings. The van der Waals surface area contributed by atoms with Gasteiger partial charge in [-0.2, -0.15) is 0 Å². The number of carbonyl (C=O) groups excluding carboxylic acids is 1. The summed E-state index contributed by atoms with van der Waals surface area (Å²) in [6, 6.07) is 0. The van der Waals surface area contributed by atoms with Crippen molar-refractivity contribution in [1.29, 1.82) is 0 Å². The van der Waals surface area contributed by atoms with Gasteiger partial charge in [-0.25, -0.2) is 0 Å². The third kappa shape index (κ3) is 3.68. The molecule has 1 N–H and O–H groups in total. The molecule has 0 fully saturated rings. The minimum absolute atomic E-state index is 0.195. The summed E-state index contributed by atoms with van der Waals surface area (Å²) in [4.78, 5) is 17.7. The van der Waals surface area contributed by atoms with E-state index in [0.29, 0.717) is 0 Å². The molecule has 0 aliphatic heterocycles. The molecule has 0 saturated heterocycles. The van der Waals surface area contributed by atoms with Gasteiger partial charge < -0.3 is 0 Å². The average molecular weight is 293 g/mol. The van der Waals surface area contributed by atoms with Gasteiger partial charge in [0, 0.05) is 0 Å². The Morgan fingerprint density at radius 1 is 1.54 bits per heavy atom. The second kappa shape index (κ2) is 5.00. The molecule has 76 valence electrons. The van der Waals surface area contributed by atoms with E-state index in [1.165, 1.54) is 7.11 Å². The van der Waals surface area contributed by atoms with Crippen molar-refractivity contribution in [3.63, 3.8) is 0 Å². The summed E-state index contributed by atoms with van der Waals surface area (Å²) >= 11 is -2.29. The molecule has 0 bridgehead atoms. The first-order valence-corrected chi connectivity index (χ1v) is 14.2. The van der Waals surface area contributed by atoms with Crippen LogP contribution in [0.2, 0.25) is 14.8 Å². The zero-order chi connectivity index (χ0) is 10.6. The van der Waals surface area contributed by atoms with E-state index in [-0.39, 0.29) is 12.6 Å². The van der Waals surface area contributed by atoms with Gasteiger partial charge in [0.05, 0.1) is 0 Å². The summed E-state index contributed by atoms with van der Waals surface area (Å²) in [7, 11) is 1.33. The first-order valence-electron chi connectivity index (χ1n) is 4.22. The molecular weight excluding hydrogens is 275 g/mol. The quantitative estimate of drug-likeness (QED) is 0.626. The number of aliphatic hydroxyl groups is 1. The molecule has 0 amide bonds. The Morgan fingerprint density at radius 2 is 2.00 bits per heavy atom. The van der Waals surface area contributed by atoms with E-state index in [0.717, 1.165) is 3.59 Å². The van der Waals surface area contributed by atoms with Crippen LogP contribution in [-0.4, -0.2) is 43.2 Å². The van der Waals surface area contributed by atoms with Crippen LogP contribution in [0.1, 0.15) is 0 Å². The molecule has 3 nitrogen and oxygen atoms in total. The molecule has 1 atom stereocenters. The van der Waals surface area contributed by atoms with Crippen molar-refractivity contribution in [2.75, 3.05) is 13.7 Å². The van der Waals surface area contributed by atoms with Crippen molar-refractivity contribution in [3.05, 3.63) is 10.2 Å². The fraction of sp³-hybridized carbons (Fsp3) is 0.667. The van der Waals surface area contributed by atoms with Crippen LogP contribution in [0.25, 0.3) is 0 Å². The Kier molecular flexibility index (Phi) is 4.99. The molecule has 0 heterocycles. The third-order valence-corrected chi connectivity index (χ3v) is 8.55. The van der Waals surface area contributed by atoms with Crippen molar-refractivity contribution in [2.45, 2.75) is 14.8 Å². The number of rotatable bonds is 4. The van der Waals surface area contributed by atoms with Gasteiger partial charge >= 0.3 is 83.6 Å². The van der Waals surface area contributed by atoms with E-state index in [9.17, 15) is 4.79 Å². The molecule has 0 unspecified atom stereocenters. The monoisotopic (exact) mass is 294 g/mol. The van der Waals surface area contributed by atoms with Crippen LogP contribution in [0.15, 0.2) is 10.2 Å². The maximum atomic E-state index is 11.2. The van der Waals surface area contributed by atoms with Gasteiger partial charge in [-0.15, -0.1) is 0 Å². The summed E-state index contributed by atoms with van der Waals surface area (Å²) in [5.41, 5.74) is 0. The van der Waals surface area contributed by atoms with Gasteiger partial charge in [-0.3, -0.25) is 0 Å². The fourth-order valence-electron chi connectivity index (χ4n) is 0.992. The summed E-state index contributed by atoms with van der Waals surface area (Å²) < 4.78 is 5.50. The van der Waals surface area contributed by atoms with Gasteiger partial charge in [0.1, 0.15) is 0 Å². The van der Waals surface area contributed by atoms with E-state index in [1.54, 1.807) is 0 Å². The SMILES string of the molecule is C=[C]([C@H](CO)C(=O)OC)[Sn]([CH3])([CH3])[CH3]. The van der Waals surface area contributed by atoms with Crippen molar-refractivity contribution in [2.24, 2.45) is 5.92 Å². The van der Waals surface area contributed by atoms with E-state index in [1.807, 2.05) is 0 Å². The number of carbonyl (C=O) groups is 1. The van der Waals surface area contributed by atoms with Crippen molar-refractivity contribution < 1.29 is 14.6 Å². The van der Waals surface area contributed by atoms with Crippen molar-refractivity contribution in [1.82, 2.24) is 0 Å². The Labute approximate surface area is 83.7 Å². The van der Waals surface area contributed by atoms with Gasteiger partial charge in [0.25, 0.3) is 0 Å². The predicted octanol–water partition coefficient (Wildman–Crippen LogP) is 1.20. The average Bonchev–Trinajstić information content (AvgIpc) is 2.03. The number of hydrogen-bond donors (Lipinski definition) is 1. The molecule has 0 radical (unpaired) electrons. The van der Waals surface area contributed by atoms with Crippen molar-refractivity contribution >= 4 is 24.3 Å². The number of aliphatic hydroxyl groups excluding tert-OH is 1. The van der Waals surface area contributed by atoms with Gasteiger partial charge in [0.15, 0.2) is 0 Å². The molecule has 0 saturated carbocycles. The van der Waals surface area contributed by atoms with Gasteiger partial charge in [-0.05, 0) is 0 Å². The fourth-order valence-corrected chi connectivity index (χ4v) is 4.57. The van der Waals surface area contributed by atoms with E-state index in [2.05, 4.69) is 26.1 Å². The van der Waals surface area contributed by atoms with E-state index >= 15 is 0 Å². The standard InChI is InChI=1S/C6H9O3.3CH3.Sn/c1-3-5(4-7)6(8)9-2;;;;/h5,7H,1,4H2,2H3;3*1H3;/t5-;;;;/m1..../s1. The van der Waals surface area contributed by atoms with E-state index in [4.69, 9.17) is 5.11 Å².